The predicted octanol–water partition coefficient (Wildman–Crippen LogP) is 3.32. The van der Waals surface area contributed by atoms with Crippen LogP contribution >= 0.6 is 0 Å². The summed E-state index contributed by atoms with van der Waals surface area (Å²) in [6.07, 6.45) is 1.16. The Labute approximate surface area is 122 Å². The molecule has 0 aliphatic heterocycles. The molecular formula is C17H25N3. The summed E-state index contributed by atoms with van der Waals surface area (Å²) in [4.78, 5) is 0. The molecule has 0 spiro atoms. The van der Waals surface area contributed by atoms with Crippen LogP contribution in [0.5, 0.6) is 0 Å². The van der Waals surface area contributed by atoms with E-state index >= 15 is 0 Å². The molecule has 2 aromatic rings. The maximum absolute atomic E-state index is 4.45. The van der Waals surface area contributed by atoms with E-state index in [9.17, 15) is 0 Å². The standard InChI is InChI=1S/C17H25N3/c1-13(16-8-6-5-7-9-16)10-11-18-12-17-14(2)19-20(4)15(17)3/h5-9,13,18H,10-12H2,1-4H3. The van der Waals surface area contributed by atoms with E-state index in [-0.39, 0.29) is 0 Å². The number of aromatic nitrogens is 2. The van der Waals surface area contributed by atoms with Crippen LogP contribution in [0.25, 0.3) is 0 Å². The number of nitrogens with zero attached hydrogens (tertiary/aromatic N) is 2. The highest BCUT2D eigenvalue weighted by molar-refractivity contribution is 5.24. The molecule has 0 fully saturated rings. The fourth-order valence-corrected chi connectivity index (χ4v) is 2.55. The molecule has 0 bridgehead atoms. The van der Waals surface area contributed by atoms with Crippen LogP contribution in [-0.2, 0) is 13.6 Å². The SMILES string of the molecule is Cc1nn(C)c(C)c1CNCCC(C)c1ccccc1. The summed E-state index contributed by atoms with van der Waals surface area (Å²) in [5, 5.41) is 7.99. The molecule has 1 atom stereocenters. The third-order valence-corrected chi connectivity index (χ3v) is 4.08. The first-order chi connectivity index (χ1) is 9.59. The Kier molecular flexibility index (Phi) is 4.96. The maximum atomic E-state index is 4.45. The first kappa shape index (κ1) is 14.8. The highest BCUT2D eigenvalue weighted by Crippen LogP contribution is 2.18. The van der Waals surface area contributed by atoms with Crippen LogP contribution in [0.4, 0.5) is 0 Å². The lowest BCUT2D eigenvalue weighted by Gasteiger charge is -2.12. The molecule has 1 aromatic carbocycles. The monoisotopic (exact) mass is 271 g/mol. The fraction of sp³-hybridized carbons (Fsp3) is 0.471. The minimum absolute atomic E-state index is 0.597. The van der Waals surface area contributed by atoms with E-state index in [4.69, 9.17) is 0 Å². The second-order valence-electron chi connectivity index (χ2n) is 5.55. The Balaban J connectivity index is 1.79. The smallest absolute Gasteiger partial charge is 0.0641 e. The van der Waals surface area contributed by atoms with Crippen LogP contribution in [0, 0.1) is 13.8 Å². The van der Waals surface area contributed by atoms with E-state index in [2.05, 4.69) is 61.5 Å². The number of aryl methyl sites for hydroxylation is 2. The molecule has 20 heavy (non-hydrogen) atoms. The molecule has 3 nitrogen and oxygen atoms in total. The van der Waals surface area contributed by atoms with Crippen LogP contribution in [-0.4, -0.2) is 16.3 Å². The fourth-order valence-electron chi connectivity index (χ4n) is 2.55. The Morgan fingerprint density at radius 2 is 1.90 bits per heavy atom. The summed E-state index contributed by atoms with van der Waals surface area (Å²) in [5.74, 6) is 0.597. The third-order valence-electron chi connectivity index (χ3n) is 4.08. The normalized spacial score (nSPS) is 12.6. The van der Waals surface area contributed by atoms with E-state index < -0.39 is 0 Å². The Bertz CT molecular complexity index is 543. The molecule has 1 N–H and O–H groups in total. The zero-order valence-corrected chi connectivity index (χ0v) is 13.0. The maximum Gasteiger partial charge on any atom is 0.0641 e. The van der Waals surface area contributed by atoms with Crippen LogP contribution in [0.15, 0.2) is 30.3 Å². The highest BCUT2D eigenvalue weighted by Gasteiger charge is 2.09. The van der Waals surface area contributed by atoms with E-state index in [1.807, 2.05) is 11.7 Å². The molecule has 0 saturated carbocycles. The van der Waals surface area contributed by atoms with Crippen molar-refractivity contribution in [2.24, 2.45) is 7.05 Å². The van der Waals surface area contributed by atoms with Gasteiger partial charge in [-0.15, -0.1) is 0 Å². The molecule has 0 aliphatic rings. The van der Waals surface area contributed by atoms with Crippen molar-refractivity contribution in [3.8, 4) is 0 Å². The van der Waals surface area contributed by atoms with E-state index in [1.54, 1.807) is 0 Å². The molecule has 2 rings (SSSR count). The second kappa shape index (κ2) is 6.71. The lowest BCUT2D eigenvalue weighted by atomic mass is 9.98. The number of hydrogen-bond donors (Lipinski definition) is 1. The summed E-state index contributed by atoms with van der Waals surface area (Å²) >= 11 is 0. The predicted molar refractivity (Wildman–Crippen MR) is 83.9 cm³/mol. The molecule has 3 heteroatoms. The van der Waals surface area contributed by atoms with E-state index in [0.717, 1.165) is 25.2 Å². The van der Waals surface area contributed by atoms with Gasteiger partial charge in [0, 0.05) is 24.8 Å². The molecule has 0 saturated heterocycles. The molecule has 0 radical (unpaired) electrons. The van der Waals surface area contributed by atoms with Crippen molar-refractivity contribution in [2.75, 3.05) is 6.54 Å². The van der Waals surface area contributed by atoms with Crippen molar-refractivity contribution in [3.05, 3.63) is 52.8 Å². The Morgan fingerprint density at radius 1 is 1.20 bits per heavy atom. The summed E-state index contributed by atoms with van der Waals surface area (Å²) in [5.41, 5.74) is 5.14. The van der Waals surface area contributed by atoms with Crippen molar-refractivity contribution in [1.29, 1.82) is 0 Å². The summed E-state index contributed by atoms with van der Waals surface area (Å²) < 4.78 is 1.96. The van der Waals surface area contributed by atoms with Crippen LogP contribution < -0.4 is 5.32 Å². The van der Waals surface area contributed by atoms with Gasteiger partial charge in [-0.05, 0) is 38.3 Å². The van der Waals surface area contributed by atoms with Crippen molar-refractivity contribution >= 4 is 0 Å². The van der Waals surface area contributed by atoms with Gasteiger partial charge in [0.15, 0.2) is 0 Å². The van der Waals surface area contributed by atoms with E-state index in [0.29, 0.717) is 5.92 Å². The second-order valence-corrected chi connectivity index (χ2v) is 5.55. The molecule has 108 valence electrons. The first-order valence-corrected chi connectivity index (χ1v) is 7.34. The molecular weight excluding hydrogens is 246 g/mol. The van der Waals surface area contributed by atoms with Gasteiger partial charge in [0.05, 0.1) is 5.69 Å². The van der Waals surface area contributed by atoms with Gasteiger partial charge in [0.1, 0.15) is 0 Å². The molecule has 0 aliphatic carbocycles. The van der Waals surface area contributed by atoms with E-state index in [1.165, 1.54) is 16.8 Å². The first-order valence-electron chi connectivity index (χ1n) is 7.34. The quantitative estimate of drug-likeness (QED) is 0.817. The topological polar surface area (TPSA) is 29.9 Å². The van der Waals surface area contributed by atoms with Gasteiger partial charge in [-0.3, -0.25) is 4.68 Å². The molecule has 1 aromatic heterocycles. The van der Waals surface area contributed by atoms with Gasteiger partial charge in [-0.1, -0.05) is 37.3 Å². The average Bonchev–Trinajstić information content (AvgIpc) is 2.70. The molecule has 1 unspecified atom stereocenters. The number of benzene rings is 1. The van der Waals surface area contributed by atoms with Crippen molar-refractivity contribution < 1.29 is 0 Å². The minimum atomic E-state index is 0.597. The summed E-state index contributed by atoms with van der Waals surface area (Å²) in [6, 6.07) is 10.7. The van der Waals surface area contributed by atoms with Crippen LogP contribution in [0.2, 0.25) is 0 Å². The third kappa shape index (κ3) is 3.48. The van der Waals surface area contributed by atoms with Crippen molar-refractivity contribution in [3.63, 3.8) is 0 Å². The minimum Gasteiger partial charge on any atom is -0.313 e. The van der Waals surface area contributed by atoms with Crippen molar-refractivity contribution in [1.82, 2.24) is 15.1 Å². The zero-order chi connectivity index (χ0) is 14.5. The van der Waals surface area contributed by atoms with Gasteiger partial charge in [0.2, 0.25) is 0 Å². The van der Waals surface area contributed by atoms with Gasteiger partial charge >= 0.3 is 0 Å². The zero-order valence-electron chi connectivity index (χ0n) is 13.0. The number of hydrogen-bond acceptors (Lipinski definition) is 2. The largest absolute Gasteiger partial charge is 0.313 e. The van der Waals surface area contributed by atoms with Gasteiger partial charge in [-0.2, -0.15) is 5.10 Å². The van der Waals surface area contributed by atoms with Gasteiger partial charge in [0.25, 0.3) is 0 Å². The number of nitrogens with one attached hydrogen (secondary N) is 1. The lowest BCUT2D eigenvalue weighted by Crippen LogP contribution is -2.17. The average molecular weight is 271 g/mol. The molecule has 0 amide bonds. The van der Waals surface area contributed by atoms with Crippen LogP contribution in [0.3, 0.4) is 0 Å². The highest BCUT2D eigenvalue weighted by atomic mass is 15.3. The lowest BCUT2D eigenvalue weighted by molar-refractivity contribution is 0.592. The Hall–Kier alpha value is -1.61. The summed E-state index contributed by atoms with van der Waals surface area (Å²) in [7, 11) is 2.00. The van der Waals surface area contributed by atoms with Crippen molar-refractivity contribution in [2.45, 2.75) is 39.7 Å². The van der Waals surface area contributed by atoms with Gasteiger partial charge in [-0.25, -0.2) is 0 Å². The Morgan fingerprint density at radius 3 is 2.50 bits per heavy atom. The van der Waals surface area contributed by atoms with Gasteiger partial charge < -0.3 is 5.32 Å². The van der Waals surface area contributed by atoms with Crippen LogP contribution in [0.1, 0.15) is 41.8 Å². The number of rotatable bonds is 6. The summed E-state index contributed by atoms with van der Waals surface area (Å²) in [6.45, 7) is 8.44. The molecule has 1 heterocycles.